The highest BCUT2D eigenvalue weighted by Gasteiger charge is 2.15. The largest absolute Gasteiger partial charge is 0.304 e. The number of aryl methyl sites for hydroxylation is 1. The third kappa shape index (κ3) is 3.13. The van der Waals surface area contributed by atoms with Crippen molar-refractivity contribution in [1.29, 1.82) is 5.26 Å². The summed E-state index contributed by atoms with van der Waals surface area (Å²) in [5.74, 6) is -0.0216. The molecule has 0 fully saturated rings. The first-order valence-corrected chi connectivity index (χ1v) is 7.08. The van der Waals surface area contributed by atoms with E-state index < -0.39 is 0 Å². The van der Waals surface area contributed by atoms with Gasteiger partial charge in [0, 0.05) is 21.3 Å². The lowest BCUT2D eigenvalue weighted by Crippen LogP contribution is -2.14. The van der Waals surface area contributed by atoms with Gasteiger partial charge in [-0.1, -0.05) is 15.9 Å². The second-order valence-corrected chi connectivity index (χ2v) is 5.83. The lowest BCUT2D eigenvalue weighted by atomic mass is 10.2. The topological polar surface area (TPSA) is 70.7 Å². The summed E-state index contributed by atoms with van der Waals surface area (Å²) in [4.78, 5) is 12.2. The minimum Gasteiger partial charge on any atom is -0.304 e. The second kappa shape index (κ2) is 5.71. The van der Waals surface area contributed by atoms with E-state index in [1.807, 2.05) is 18.2 Å². The zero-order valence-corrected chi connectivity index (χ0v) is 13.6. The van der Waals surface area contributed by atoms with Gasteiger partial charge in [0.05, 0.1) is 5.56 Å². The van der Waals surface area contributed by atoms with Gasteiger partial charge in [0.15, 0.2) is 5.82 Å². The predicted octanol–water partition coefficient (Wildman–Crippen LogP) is 2.91. The summed E-state index contributed by atoms with van der Waals surface area (Å²) in [5.41, 5.74) is 0.866. The molecule has 0 aliphatic carbocycles. The molecule has 0 saturated carbocycles. The Labute approximate surface area is 131 Å². The van der Waals surface area contributed by atoms with Crippen molar-refractivity contribution >= 4 is 50.2 Å². The summed E-state index contributed by atoms with van der Waals surface area (Å²) in [6.45, 7) is 0. The van der Waals surface area contributed by atoms with E-state index in [9.17, 15) is 4.79 Å². The van der Waals surface area contributed by atoms with Crippen LogP contribution in [-0.2, 0) is 7.05 Å². The summed E-state index contributed by atoms with van der Waals surface area (Å²) in [5, 5.41) is 15.6. The maximum absolute atomic E-state index is 12.2. The number of halogens is 2. The number of carbonyl (C=O) groups excluding carboxylic acids is 1. The van der Waals surface area contributed by atoms with Crippen molar-refractivity contribution in [2.75, 3.05) is 5.32 Å². The van der Waals surface area contributed by atoms with Crippen molar-refractivity contribution in [2.45, 2.75) is 0 Å². The Kier molecular flexibility index (Phi) is 4.21. The minimum absolute atomic E-state index is 0.269. The molecule has 0 spiro atoms. The van der Waals surface area contributed by atoms with Gasteiger partial charge in [-0.05, 0) is 40.8 Å². The quantitative estimate of drug-likeness (QED) is 0.744. The number of nitrogens with one attached hydrogen (secondary N) is 1. The van der Waals surface area contributed by atoms with Crippen LogP contribution in [0.2, 0.25) is 0 Å². The van der Waals surface area contributed by atoms with Gasteiger partial charge in [0.2, 0.25) is 0 Å². The first-order chi connectivity index (χ1) is 9.01. The fraction of sp³-hybridized carbons (Fsp3) is 0.0833. The van der Waals surface area contributed by atoms with Gasteiger partial charge in [-0.3, -0.25) is 9.48 Å². The van der Waals surface area contributed by atoms with Crippen LogP contribution >= 0.6 is 38.5 Å². The van der Waals surface area contributed by atoms with E-state index in [1.54, 1.807) is 19.3 Å². The third-order valence-electron chi connectivity index (χ3n) is 2.35. The number of carbonyl (C=O) groups is 1. The number of nitriles is 1. The molecule has 96 valence electrons. The molecule has 19 heavy (non-hydrogen) atoms. The summed E-state index contributed by atoms with van der Waals surface area (Å²) in [7, 11) is 1.69. The highest BCUT2D eigenvalue weighted by Crippen LogP contribution is 2.20. The molecule has 1 amide bonds. The van der Waals surface area contributed by atoms with Crippen LogP contribution in [0.25, 0.3) is 0 Å². The van der Waals surface area contributed by atoms with E-state index in [1.165, 1.54) is 4.68 Å². The number of nitrogens with zero attached hydrogens (tertiary/aromatic N) is 3. The monoisotopic (exact) mass is 430 g/mol. The van der Waals surface area contributed by atoms with Crippen LogP contribution in [0.4, 0.5) is 5.82 Å². The highest BCUT2D eigenvalue weighted by atomic mass is 127. The summed E-state index contributed by atoms with van der Waals surface area (Å²) in [6.07, 6.45) is 1.56. The average molecular weight is 431 g/mol. The van der Waals surface area contributed by atoms with Crippen LogP contribution in [0.1, 0.15) is 15.9 Å². The first-order valence-electron chi connectivity index (χ1n) is 5.21. The smallest absolute Gasteiger partial charge is 0.258 e. The van der Waals surface area contributed by atoms with E-state index in [-0.39, 0.29) is 11.7 Å². The van der Waals surface area contributed by atoms with Crippen LogP contribution in [-0.4, -0.2) is 15.7 Å². The average Bonchev–Trinajstić information content (AvgIpc) is 2.72. The molecular weight excluding hydrogens is 423 g/mol. The molecule has 1 N–H and O–H groups in total. The molecule has 0 aliphatic heterocycles. The van der Waals surface area contributed by atoms with Crippen LogP contribution in [0.3, 0.4) is 0 Å². The Bertz CT molecular complexity index is 690. The normalized spacial score (nSPS) is 10.0. The molecule has 0 atom stereocenters. The van der Waals surface area contributed by atoms with Gasteiger partial charge in [0.25, 0.3) is 5.91 Å². The number of hydrogen-bond donors (Lipinski definition) is 1. The van der Waals surface area contributed by atoms with Crippen LogP contribution < -0.4 is 5.32 Å². The lowest BCUT2D eigenvalue weighted by molar-refractivity contribution is 0.102. The summed E-state index contributed by atoms with van der Waals surface area (Å²) < 4.78 is 3.13. The SMILES string of the molecule is Cn1cc(C#N)c(NC(=O)c2cc(Br)ccc2I)n1. The lowest BCUT2D eigenvalue weighted by Gasteiger charge is -2.05. The maximum atomic E-state index is 12.2. The molecule has 2 rings (SSSR count). The van der Waals surface area contributed by atoms with Gasteiger partial charge >= 0.3 is 0 Å². The predicted molar refractivity (Wildman–Crippen MR) is 82.7 cm³/mol. The fourth-order valence-electron chi connectivity index (χ4n) is 1.51. The molecule has 0 radical (unpaired) electrons. The Morgan fingerprint density at radius 2 is 2.32 bits per heavy atom. The zero-order valence-electron chi connectivity index (χ0n) is 9.82. The number of rotatable bonds is 2. The third-order valence-corrected chi connectivity index (χ3v) is 3.79. The molecular formula is C12H8BrIN4O. The van der Waals surface area contributed by atoms with E-state index in [0.29, 0.717) is 11.1 Å². The van der Waals surface area contributed by atoms with Crippen LogP contribution in [0, 0.1) is 14.9 Å². The van der Waals surface area contributed by atoms with Gasteiger partial charge in [-0.2, -0.15) is 10.4 Å². The van der Waals surface area contributed by atoms with Gasteiger partial charge < -0.3 is 5.32 Å². The fourth-order valence-corrected chi connectivity index (χ4v) is 2.45. The van der Waals surface area contributed by atoms with Gasteiger partial charge in [-0.15, -0.1) is 0 Å². The molecule has 0 unspecified atom stereocenters. The van der Waals surface area contributed by atoms with Crippen LogP contribution in [0.5, 0.6) is 0 Å². The van der Waals surface area contributed by atoms with Crippen molar-refractivity contribution in [3.8, 4) is 6.07 Å². The minimum atomic E-state index is -0.291. The molecule has 1 aromatic carbocycles. The van der Waals surface area contributed by atoms with Crippen molar-refractivity contribution in [3.63, 3.8) is 0 Å². The summed E-state index contributed by atoms with van der Waals surface area (Å²) >= 11 is 5.41. The molecule has 2 aromatic rings. The molecule has 7 heteroatoms. The van der Waals surface area contributed by atoms with E-state index >= 15 is 0 Å². The van der Waals surface area contributed by atoms with E-state index in [2.05, 4.69) is 48.9 Å². The number of anilines is 1. The van der Waals surface area contributed by atoms with Gasteiger partial charge in [-0.25, -0.2) is 0 Å². The van der Waals surface area contributed by atoms with Crippen molar-refractivity contribution in [1.82, 2.24) is 9.78 Å². The number of aromatic nitrogens is 2. The molecule has 0 saturated heterocycles. The maximum Gasteiger partial charge on any atom is 0.258 e. The standard InChI is InChI=1S/C12H8BrIN4O/c1-18-6-7(5-15)11(17-18)16-12(19)9-4-8(13)2-3-10(9)14/h2-4,6H,1H3,(H,16,17,19). The van der Waals surface area contributed by atoms with Crippen LogP contribution in [0.15, 0.2) is 28.9 Å². The molecule has 1 aromatic heterocycles. The highest BCUT2D eigenvalue weighted by molar-refractivity contribution is 14.1. The van der Waals surface area contributed by atoms with Crippen molar-refractivity contribution in [2.24, 2.45) is 7.05 Å². The van der Waals surface area contributed by atoms with E-state index in [4.69, 9.17) is 5.26 Å². The Hall–Kier alpha value is -1.40. The number of benzene rings is 1. The first kappa shape index (κ1) is 14.0. The summed E-state index contributed by atoms with van der Waals surface area (Å²) in [6, 6.07) is 7.42. The molecule has 5 nitrogen and oxygen atoms in total. The molecule has 1 heterocycles. The number of hydrogen-bond acceptors (Lipinski definition) is 3. The Balaban J connectivity index is 2.31. The van der Waals surface area contributed by atoms with Crippen molar-refractivity contribution < 1.29 is 4.79 Å². The number of amides is 1. The van der Waals surface area contributed by atoms with E-state index in [0.717, 1.165) is 8.04 Å². The van der Waals surface area contributed by atoms with Gasteiger partial charge in [0.1, 0.15) is 11.6 Å². The Morgan fingerprint density at radius 3 is 3.00 bits per heavy atom. The molecule has 0 aliphatic rings. The van der Waals surface area contributed by atoms with Crippen molar-refractivity contribution in [3.05, 3.63) is 43.6 Å². The second-order valence-electron chi connectivity index (χ2n) is 3.76. The Morgan fingerprint density at radius 1 is 1.58 bits per heavy atom. The molecule has 0 bridgehead atoms. The zero-order chi connectivity index (χ0) is 14.0.